The number of nitrogens with zero attached hydrogens (tertiary/aromatic N) is 1. The lowest BCUT2D eigenvalue weighted by molar-refractivity contribution is -0.386. The van der Waals surface area contributed by atoms with Crippen molar-refractivity contribution in [3.05, 3.63) is 28.3 Å². The quantitative estimate of drug-likeness (QED) is 0.555. The maximum Gasteiger partial charge on any atom is 0.354 e. The van der Waals surface area contributed by atoms with Crippen LogP contribution in [0.2, 0.25) is 0 Å². The highest BCUT2D eigenvalue weighted by Crippen LogP contribution is 2.35. The monoisotopic (exact) mass is 184 g/mol. The average Bonchev–Trinajstić information content (AvgIpc) is 2.16. The second-order valence-electron chi connectivity index (χ2n) is 2.18. The molecule has 70 valence electrons. The summed E-state index contributed by atoms with van der Waals surface area (Å²) in [6, 6.07) is 4.40. The van der Waals surface area contributed by atoms with Crippen molar-refractivity contribution in [1.82, 2.24) is 0 Å². The predicted molar refractivity (Wildman–Crippen MR) is 44.5 cm³/mol. The molecule has 0 unspecified atom stereocenters. The standard InChI is InChI=1S/C7H8N2O4/c1-12-5-3-2-4-6(13-8)7(5)9(10)11/h2-4H,8H2,1H3. The van der Waals surface area contributed by atoms with Gasteiger partial charge in [0.15, 0.2) is 0 Å². The minimum Gasteiger partial charge on any atom is -0.490 e. The van der Waals surface area contributed by atoms with Crippen LogP contribution in [0.15, 0.2) is 18.2 Å². The van der Waals surface area contributed by atoms with E-state index in [0.29, 0.717) is 0 Å². The van der Waals surface area contributed by atoms with Gasteiger partial charge in [0.25, 0.3) is 0 Å². The van der Waals surface area contributed by atoms with Crippen molar-refractivity contribution >= 4 is 5.69 Å². The van der Waals surface area contributed by atoms with E-state index in [9.17, 15) is 10.1 Å². The summed E-state index contributed by atoms with van der Waals surface area (Å²) in [4.78, 5) is 14.3. The summed E-state index contributed by atoms with van der Waals surface area (Å²) < 4.78 is 4.77. The Morgan fingerprint density at radius 2 is 2.08 bits per heavy atom. The van der Waals surface area contributed by atoms with Gasteiger partial charge in [0, 0.05) is 0 Å². The highest BCUT2D eigenvalue weighted by atomic mass is 16.6. The van der Waals surface area contributed by atoms with Crippen molar-refractivity contribution in [2.45, 2.75) is 0 Å². The van der Waals surface area contributed by atoms with E-state index in [0.717, 1.165) is 0 Å². The highest BCUT2D eigenvalue weighted by molar-refractivity contribution is 5.56. The van der Waals surface area contributed by atoms with Gasteiger partial charge in [0.1, 0.15) is 0 Å². The predicted octanol–water partition coefficient (Wildman–Crippen LogP) is 0.856. The van der Waals surface area contributed by atoms with Crippen LogP contribution >= 0.6 is 0 Å². The van der Waals surface area contributed by atoms with Crippen LogP contribution in [0.1, 0.15) is 0 Å². The van der Waals surface area contributed by atoms with Gasteiger partial charge in [-0.1, -0.05) is 6.07 Å². The average molecular weight is 184 g/mol. The Bertz CT molecular complexity index is 304. The molecule has 1 rings (SSSR count). The molecule has 0 saturated carbocycles. The van der Waals surface area contributed by atoms with Crippen LogP contribution in [-0.2, 0) is 0 Å². The number of ether oxygens (including phenoxy) is 1. The fourth-order valence-corrected chi connectivity index (χ4v) is 0.942. The minimum absolute atomic E-state index is 0.0237. The first kappa shape index (κ1) is 9.27. The van der Waals surface area contributed by atoms with Crippen molar-refractivity contribution in [2.24, 2.45) is 5.90 Å². The second kappa shape index (κ2) is 3.72. The Labute approximate surface area is 74.0 Å². The third-order valence-corrected chi connectivity index (χ3v) is 1.49. The van der Waals surface area contributed by atoms with E-state index in [1.807, 2.05) is 0 Å². The molecule has 0 bridgehead atoms. The fourth-order valence-electron chi connectivity index (χ4n) is 0.942. The number of methoxy groups -OCH3 is 1. The van der Waals surface area contributed by atoms with Crippen LogP contribution in [0.4, 0.5) is 5.69 Å². The van der Waals surface area contributed by atoms with Crippen LogP contribution in [0, 0.1) is 10.1 Å². The Kier molecular flexibility index (Phi) is 2.65. The van der Waals surface area contributed by atoms with Crippen molar-refractivity contribution in [1.29, 1.82) is 0 Å². The van der Waals surface area contributed by atoms with E-state index >= 15 is 0 Å². The molecule has 0 aliphatic rings. The van der Waals surface area contributed by atoms with E-state index < -0.39 is 4.92 Å². The number of nitro benzene ring substituents is 1. The zero-order valence-electron chi connectivity index (χ0n) is 6.89. The third-order valence-electron chi connectivity index (χ3n) is 1.49. The van der Waals surface area contributed by atoms with Gasteiger partial charge in [-0.15, -0.1) is 0 Å². The van der Waals surface area contributed by atoms with Crippen molar-refractivity contribution in [3.63, 3.8) is 0 Å². The summed E-state index contributed by atoms with van der Waals surface area (Å²) in [6.07, 6.45) is 0. The molecule has 6 nitrogen and oxygen atoms in total. The van der Waals surface area contributed by atoms with E-state index in [-0.39, 0.29) is 17.2 Å². The molecule has 0 amide bonds. The molecule has 0 spiro atoms. The Morgan fingerprint density at radius 1 is 1.46 bits per heavy atom. The summed E-state index contributed by atoms with van der Waals surface area (Å²) in [5.74, 6) is 4.95. The first-order valence-electron chi connectivity index (χ1n) is 3.38. The van der Waals surface area contributed by atoms with Crippen molar-refractivity contribution in [3.8, 4) is 11.5 Å². The largest absolute Gasteiger partial charge is 0.490 e. The SMILES string of the molecule is COc1cccc(ON)c1[N+](=O)[O-]. The van der Waals surface area contributed by atoms with Gasteiger partial charge in [0.05, 0.1) is 12.0 Å². The van der Waals surface area contributed by atoms with E-state index in [4.69, 9.17) is 10.6 Å². The molecule has 13 heavy (non-hydrogen) atoms. The van der Waals surface area contributed by atoms with Crippen LogP contribution in [0.5, 0.6) is 11.5 Å². The molecule has 0 aliphatic heterocycles. The summed E-state index contributed by atoms with van der Waals surface area (Å²) >= 11 is 0. The van der Waals surface area contributed by atoms with Gasteiger partial charge >= 0.3 is 5.69 Å². The smallest absolute Gasteiger partial charge is 0.354 e. The molecule has 0 aliphatic carbocycles. The molecule has 0 saturated heterocycles. The van der Waals surface area contributed by atoms with E-state index in [1.54, 1.807) is 6.07 Å². The molecule has 0 aromatic heterocycles. The summed E-state index contributed by atoms with van der Waals surface area (Å²) in [5.41, 5.74) is -0.271. The maximum absolute atomic E-state index is 10.6. The van der Waals surface area contributed by atoms with E-state index in [1.165, 1.54) is 19.2 Å². The molecule has 2 N–H and O–H groups in total. The van der Waals surface area contributed by atoms with Crippen LogP contribution in [0.25, 0.3) is 0 Å². The fraction of sp³-hybridized carbons (Fsp3) is 0.143. The number of hydrogen-bond donors (Lipinski definition) is 1. The lowest BCUT2D eigenvalue weighted by Crippen LogP contribution is -2.05. The van der Waals surface area contributed by atoms with Gasteiger partial charge < -0.3 is 9.57 Å². The van der Waals surface area contributed by atoms with Gasteiger partial charge in [-0.3, -0.25) is 10.1 Å². The summed E-state index contributed by atoms with van der Waals surface area (Å²) in [7, 11) is 1.34. The third kappa shape index (κ3) is 1.67. The number of nitro groups is 1. The summed E-state index contributed by atoms with van der Waals surface area (Å²) in [6.45, 7) is 0. The topological polar surface area (TPSA) is 87.6 Å². The number of hydrogen-bond acceptors (Lipinski definition) is 5. The van der Waals surface area contributed by atoms with Crippen LogP contribution in [0.3, 0.4) is 0 Å². The van der Waals surface area contributed by atoms with Crippen LogP contribution < -0.4 is 15.5 Å². The Balaban J connectivity index is 3.29. The maximum atomic E-state index is 10.6. The molecule has 0 fully saturated rings. The van der Waals surface area contributed by atoms with Gasteiger partial charge in [0.2, 0.25) is 11.5 Å². The molecule has 1 aromatic rings. The normalized spacial score (nSPS) is 9.38. The molecule has 0 radical (unpaired) electrons. The molecule has 6 heteroatoms. The molecular formula is C7H8N2O4. The number of nitrogens with two attached hydrogens (primary N) is 1. The molecule has 0 heterocycles. The van der Waals surface area contributed by atoms with Crippen molar-refractivity contribution < 1.29 is 14.5 Å². The van der Waals surface area contributed by atoms with Crippen LogP contribution in [-0.4, -0.2) is 12.0 Å². The minimum atomic E-state index is -0.610. The Hall–Kier alpha value is -1.82. The lowest BCUT2D eigenvalue weighted by atomic mass is 10.3. The van der Waals surface area contributed by atoms with Crippen molar-refractivity contribution in [2.75, 3.05) is 7.11 Å². The molecule has 0 atom stereocenters. The lowest BCUT2D eigenvalue weighted by Gasteiger charge is -2.03. The zero-order chi connectivity index (χ0) is 9.84. The first-order valence-corrected chi connectivity index (χ1v) is 3.38. The summed E-state index contributed by atoms with van der Waals surface area (Å²) in [5, 5.41) is 10.6. The first-order chi connectivity index (χ1) is 6.20. The zero-order valence-corrected chi connectivity index (χ0v) is 6.89. The number of para-hydroxylation sites is 1. The number of rotatable bonds is 3. The van der Waals surface area contributed by atoms with Gasteiger partial charge in [-0.25, -0.2) is 0 Å². The highest BCUT2D eigenvalue weighted by Gasteiger charge is 2.21. The number of benzene rings is 1. The van der Waals surface area contributed by atoms with Gasteiger partial charge in [-0.05, 0) is 12.1 Å². The van der Waals surface area contributed by atoms with E-state index in [2.05, 4.69) is 4.84 Å². The second-order valence-corrected chi connectivity index (χ2v) is 2.18. The van der Waals surface area contributed by atoms with Gasteiger partial charge in [-0.2, -0.15) is 5.90 Å². The molecular weight excluding hydrogens is 176 g/mol. The molecule has 1 aromatic carbocycles. The Morgan fingerprint density at radius 3 is 2.54 bits per heavy atom.